The molecular weight excluding hydrogens is 441 g/mol. The molecular formula is C26H38S4. The molecule has 0 aliphatic heterocycles. The summed E-state index contributed by atoms with van der Waals surface area (Å²) in [5.41, 5.74) is 2.28. The van der Waals surface area contributed by atoms with Crippen LogP contribution in [0.3, 0.4) is 0 Å². The number of benzene rings is 2. The zero-order valence-electron chi connectivity index (χ0n) is 18.8. The minimum absolute atomic E-state index is 0.0731. The molecule has 0 N–H and O–H groups in total. The third kappa shape index (κ3) is 5.08. The standard InChI is InChI=1S/C26H38S4/c1-24(2,18-28)23(30)26(25(3,4)19-29,21-14-9-6-10-15-21)22(16-11-17-27)20-12-7-5-8-13-20/h5-10,12-15,22-23,27-30H,11,16-19H2,1-4H3. The van der Waals surface area contributed by atoms with Crippen molar-refractivity contribution in [3.63, 3.8) is 0 Å². The average molecular weight is 479 g/mol. The SMILES string of the molecule is CC(C)(CS)C(S)C(c1ccccc1)(C(CCCS)c1ccccc1)C(C)(C)CS. The molecule has 0 amide bonds. The Morgan fingerprint density at radius 2 is 1.30 bits per heavy atom. The number of rotatable bonds is 11. The first-order valence-corrected chi connectivity index (χ1v) is 13.2. The minimum Gasteiger partial charge on any atom is -0.179 e. The normalized spacial score (nSPS) is 16.7. The van der Waals surface area contributed by atoms with E-state index < -0.39 is 0 Å². The van der Waals surface area contributed by atoms with Crippen LogP contribution in [0.5, 0.6) is 0 Å². The Kier molecular flexibility index (Phi) is 9.67. The first kappa shape index (κ1) is 26.1. The first-order chi connectivity index (χ1) is 14.2. The molecule has 0 saturated heterocycles. The molecule has 0 nitrogen and oxygen atoms in total. The van der Waals surface area contributed by atoms with Gasteiger partial charge in [-0.25, -0.2) is 0 Å². The predicted octanol–water partition coefficient (Wildman–Crippen LogP) is 7.63. The zero-order chi connectivity index (χ0) is 22.4. The molecule has 0 aliphatic carbocycles. The summed E-state index contributed by atoms with van der Waals surface area (Å²) in [4.78, 5) is 0. The highest BCUT2D eigenvalue weighted by Gasteiger charge is 2.58. The van der Waals surface area contributed by atoms with Crippen molar-refractivity contribution in [2.24, 2.45) is 10.8 Å². The molecule has 30 heavy (non-hydrogen) atoms. The Balaban J connectivity index is 2.93. The Bertz CT molecular complexity index is 757. The quantitative estimate of drug-likeness (QED) is 0.234. The molecule has 0 aliphatic rings. The molecule has 2 aromatic carbocycles. The predicted molar refractivity (Wildman–Crippen MR) is 148 cm³/mol. The van der Waals surface area contributed by atoms with Gasteiger partial charge in [0.15, 0.2) is 0 Å². The minimum atomic E-state index is -0.240. The van der Waals surface area contributed by atoms with E-state index >= 15 is 0 Å². The fraction of sp³-hybridized carbons (Fsp3) is 0.538. The molecule has 0 aromatic heterocycles. The molecule has 0 spiro atoms. The van der Waals surface area contributed by atoms with Crippen molar-refractivity contribution in [3.05, 3.63) is 71.8 Å². The van der Waals surface area contributed by atoms with Crippen LogP contribution in [-0.4, -0.2) is 22.5 Å². The van der Waals surface area contributed by atoms with Crippen molar-refractivity contribution >= 4 is 50.5 Å². The fourth-order valence-corrected chi connectivity index (χ4v) is 6.51. The number of hydrogen-bond donors (Lipinski definition) is 4. The van der Waals surface area contributed by atoms with Gasteiger partial charge in [0, 0.05) is 10.7 Å². The summed E-state index contributed by atoms with van der Waals surface area (Å²) >= 11 is 19.7. The molecule has 2 aromatic rings. The summed E-state index contributed by atoms with van der Waals surface area (Å²) in [5, 5.41) is 0.0807. The lowest BCUT2D eigenvalue weighted by atomic mass is 9.49. The maximum Gasteiger partial charge on any atom is 0.0202 e. The van der Waals surface area contributed by atoms with E-state index in [4.69, 9.17) is 37.9 Å². The molecule has 0 radical (unpaired) electrons. The van der Waals surface area contributed by atoms with Gasteiger partial charge in [0.1, 0.15) is 0 Å². The highest BCUT2D eigenvalue weighted by atomic mass is 32.1. The summed E-state index contributed by atoms with van der Waals surface area (Å²) in [5.74, 6) is 2.71. The molecule has 3 atom stereocenters. The van der Waals surface area contributed by atoms with Gasteiger partial charge in [-0.2, -0.15) is 50.5 Å². The highest BCUT2D eigenvalue weighted by Crippen LogP contribution is 2.60. The maximum atomic E-state index is 5.44. The van der Waals surface area contributed by atoms with Crippen molar-refractivity contribution < 1.29 is 0 Å². The van der Waals surface area contributed by atoms with Crippen LogP contribution in [0.4, 0.5) is 0 Å². The molecule has 0 heterocycles. The van der Waals surface area contributed by atoms with Gasteiger partial charge < -0.3 is 0 Å². The summed E-state index contributed by atoms with van der Waals surface area (Å²) in [6.07, 6.45) is 2.11. The van der Waals surface area contributed by atoms with Gasteiger partial charge in [-0.1, -0.05) is 88.4 Å². The van der Waals surface area contributed by atoms with Gasteiger partial charge in [-0.05, 0) is 58.0 Å². The summed E-state index contributed by atoms with van der Waals surface area (Å²) in [6, 6.07) is 22.0. The zero-order valence-corrected chi connectivity index (χ0v) is 22.3. The van der Waals surface area contributed by atoms with Crippen LogP contribution in [-0.2, 0) is 5.41 Å². The van der Waals surface area contributed by atoms with E-state index in [1.165, 1.54) is 11.1 Å². The molecule has 2 rings (SSSR count). The van der Waals surface area contributed by atoms with E-state index in [-0.39, 0.29) is 27.4 Å². The van der Waals surface area contributed by atoms with Gasteiger partial charge in [0.2, 0.25) is 0 Å². The summed E-state index contributed by atoms with van der Waals surface area (Å²) < 4.78 is 0. The molecule has 3 unspecified atom stereocenters. The van der Waals surface area contributed by atoms with Crippen LogP contribution < -0.4 is 0 Å². The Hall–Kier alpha value is -0.160. The van der Waals surface area contributed by atoms with Crippen LogP contribution in [0.2, 0.25) is 0 Å². The van der Waals surface area contributed by atoms with Crippen LogP contribution in [0.15, 0.2) is 60.7 Å². The van der Waals surface area contributed by atoms with E-state index in [1.807, 2.05) is 0 Å². The van der Waals surface area contributed by atoms with E-state index in [0.717, 1.165) is 30.1 Å². The summed E-state index contributed by atoms with van der Waals surface area (Å²) in [7, 11) is 0. The third-order valence-electron chi connectivity index (χ3n) is 6.75. The van der Waals surface area contributed by atoms with Crippen LogP contribution in [0, 0.1) is 10.8 Å². The van der Waals surface area contributed by atoms with Crippen molar-refractivity contribution in [2.45, 2.75) is 57.1 Å². The molecule has 0 saturated carbocycles. The maximum absolute atomic E-state index is 5.44. The lowest BCUT2D eigenvalue weighted by Gasteiger charge is -2.58. The molecule has 0 fully saturated rings. The Morgan fingerprint density at radius 1 is 0.767 bits per heavy atom. The van der Waals surface area contributed by atoms with E-state index in [9.17, 15) is 0 Å². The van der Waals surface area contributed by atoms with E-state index in [2.05, 4.69) is 101 Å². The third-order valence-corrected chi connectivity index (χ3v) is 9.78. The highest BCUT2D eigenvalue weighted by molar-refractivity contribution is 7.81. The second kappa shape index (κ2) is 11.1. The number of thiol groups is 4. The van der Waals surface area contributed by atoms with E-state index in [0.29, 0.717) is 0 Å². The smallest absolute Gasteiger partial charge is 0.0202 e. The van der Waals surface area contributed by atoms with Crippen molar-refractivity contribution in [1.29, 1.82) is 0 Å². The average Bonchev–Trinajstić information content (AvgIpc) is 2.77. The van der Waals surface area contributed by atoms with Gasteiger partial charge in [-0.3, -0.25) is 0 Å². The van der Waals surface area contributed by atoms with E-state index in [1.54, 1.807) is 0 Å². The Morgan fingerprint density at radius 3 is 1.77 bits per heavy atom. The molecule has 4 heteroatoms. The molecule has 0 bridgehead atoms. The second-order valence-electron chi connectivity index (χ2n) is 9.66. The fourth-order valence-electron chi connectivity index (χ4n) is 4.97. The summed E-state index contributed by atoms with van der Waals surface area (Å²) in [6.45, 7) is 9.32. The van der Waals surface area contributed by atoms with Crippen LogP contribution in [0.25, 0.3) is 0 Å². The van der Waals surface area contributed by atoms with Gasteiger partial charge in [0.25, 0.3) is 0 Å². The van der Waals surface area contributed by atoms with Gasteiger partial charge in [-0.15, -0.1) is 0 Å². The van der Waals surface area contributed by atoms with Crippen molar-refractivity contribution in [3.8, 4) is 0 Å². The van der Waals surface area contributed by atoms with Gasteiger partial charge in [0.05, 0.1) is 0 Å². The first-order valence-electron chi connectivity index (χ1n) is 10.8. The van der Waals surface area contributed by atoms with Crippen molar-refractivity contribution in [2.75, 3.05) is 17.3 Å². The lowest BCUT2D eigenvalue weighted by molar-refractivity contribution is 0.0982. The molecule has 166 valence electrons. The second-order valence-corrected chi connectivity index (χ2v) is 11.3. The van der Waals surface area contributed by atoms with Gasteiger partial charge >= 0.3 is 0 Å². The monoisotopic (exact) mass is 478 g/mol. The van der Waals surface area contributed by atoms with Crippen molar-refractivity contribution in [1.82, 2.24) is 0 Å². The number of hydrogen-bond acceptors (Lipinski definition) is 4. The Labute approximate surface area is 206 Å². The lowest BCUT2D eigenvalue weighted by Crippen LogP contribution is -2.58. The topological polar surface area (TPSA) is 0 Å². The van der Waals surface area contributed by atoms with Crippen LogP contribution in [0.1, 0.15) is 57.6 Å². The largest absolute Gasteiger partial charge is 0.179 e. The van der Waals surface area contributed by atoms with Crippen LogP contribution >= 0.6 is 50.5 Å².